The molecule has 0 saturated carbocycles. The summed E-state index contributed by atoms with van der Waals surface area (Å²) < 4.78 is 11.3. The van der Waals surface area contributed by atoms with Crippen molar-refractivity contribution in [1.29, 1.82) is 0 Å². The van der Waals surface area contributed by atoms with E-state index in [1.165, 1.54) is 5.56 Å². The van der Waals surface area contributed by atoms with E-state index in [9.17, 15) is 0 Å². The second kappa shape index (κ2) is 11.1. The molecular formula is C26H29ClN4O2S. The van der Waals surface area contributed by atoms with Crippen molar-refractivity contribution in [1.82, 2.24) is 20.4 Å². The van der Waals surface area contributed by atoms with Gasteiger partial charge in [-0.3, -0.25) is 0 Å². The molecule has 0 bridgehead atoms. The van der Waals surface area contributed by atoms with Gasteiger partial charge in [0.2, 0.25) is 5.82 Å². The van der Waals surface area contributed by atoms with Crippen LogP contribution < -0.4 is 5.32 Å². The summed E-state index contributed by atoms with van der Waals surface area (Å²) in [4.78, 5) is 6.84. The third-order valence-corrected chi connectivity index (χ3v) is 6.54. The number of hydrogen-bond acceptors (Lipinski definition) is 5. The molecule has 1 aliphatic heterocycles. The van der Waals surface area contributed by atoms with Gasteiger partial charge in [-0.15, -0.1) is 0 Å². The molecule has 0 saturated heterocycles. The van der Waals surface area contributed by atoms with Gasteiger partial charge in [-0.1, -0.05) is 47.9 Å². The third kappa shape index (κ3) is 5.32. The second-order valence-electron chi connectivity index (χ2n) is 8.11. The number of allylic oxidation sites excluding steroid dienone is 1. The van der Waals surface area contributed by atoms with Gasteiger partial charge < -0.3 is 19.5 Å². The molecule has 0 radical (unpaired) electrons. The molecule has 1 aliphatic rings. The minimum atomic E-state index is -0.194. The standard InChI is InChI=1S/C26H29ClN4O2S/c1-4-18-7-9-19(10-8-18)23-22(17(3)31(26(34)28-23)15-6-16-32-5-2)25-29-24(30-33-25)20-11-13-21(27)14-12-20/h7-14,23H,4-6,15-16H2,1-3H3,(H,28,34). The summed E-state index contributed by atoms with van der Waals surface area (Å²) in [5.74, 6) is 0.986. The van der Waals surface area contributed by atoms with Crippen LogP contribution in [0.15, 0.2) is 58.8 Å². The lowest BCUT2D eigenvalue weighted by Gasteiger charge is -2.37. The van der Waals surface area contributed by atoms with Gasteiger partial charge in [0.25, 0.3) is 5.89 Å². The van der Waals surface area contributed by atoms with Crippen LogP contribution in [0.25, 0.3) is 17.0 Å². The molecule has 2 aromatic carbocycles. The first-order valence-corrected chi connectivity index (χ1v) is 12.4. The number of aromatic nitrogens is 2. The van der Waals surface area contributed by atoms with Gasteiger partial charge in [-0.25, -0.2) is 0 Å². The van der Waals surface area contributed by atoms with Crippen LogP contribution in [0.1, 0.15) is 50.3 Å². The molecule has 0 fully saturated rings. The molecule has 1 aromatic heterocycles. The topological polar surface area (TPSA) is 63.4 Å². The second-order valence-corrected chi connectivity index (χ2v) is 8.93. The number of aryl methyl sites for hydroxylation is 1. The molecule has 0 amide bonds. The number of ether oxygens (including phenoxy) is 1. The van der Waals surface area contributed by atoms with Crippen LogP contribution in [0, 0.1) is 0 Å². The quantitative estimate of drug-likeness (QED) is 0.286. The molecule has 34 heavy (non-hydrogen) atoms. The maximum absolute atomic E-state index is 6.04. The molecule has 0 aliphatic carbocycles. The summed E-state index contributed by atoms with van der Waals surface area (Å²) >= 11 is 11.8. The average molecular weight is 497 g/mol. The number of nitrogens with zero attached hydrogens (tertiary/aromatic N) is 3. The third-order valence-electron chi connectivity index (χ3n) is 5.95. The van der Waals surface area contributed by atoms with Crippen molar-refractivity contribution < 1.29 is 9.26 Å². The molecule has 178 valence electrons. The van der Waals surface area contributed by atoms with E-state index in [1.54, 1.807) is 0 Å². The fourth-order valence-corrected chi connectivity index (χ4v) is 4.51. The predicted molar refractivity (Wildman–Crippen MR) is 139 cm³/mol. The fourth-order valence-electron chi connectivity index (χ4n) is 4.04. The van der Waals surface area contributed by atoms with Crippen LogP contribution in [-0.2, 0) is 11.2 Å². The number of rotatable bonds is 9. The Balaban J connectivity index is 1.72. The number of halogens is 1. The van der Waals surface area contributed by atoms with E-state index >= 15 is 0 Å². The van der Waals surface area contributed by atoms with Crippen LogP contribution in [-0.4, -0.2) is 39.9 Å². The van der Waals surface area contributed by atoms with Crippen molar-refractivity contribution in [2.45, 2.75) is 39.7 Å². The fraction of sp³-hybridized carbons (Fsp3) is 0.346. The van der Waals surface area contributed by atoms with Gasteiger partial charge in [-0.2, -0.15) is 4.98 Å². The summed E-state index contributed by atoms with van der Waals surface area (Å²) in [5.41, 5.74) is 5.13. The maximum atomic E-state index is 6.04. The molecule has 4 rings (SSSR count). The Hall–Kier alpha value is -2.74. The minimum absolute atomic E-state index is 0.194. The number of benzene rings is 2. The lowest BCUT2D eigenvalue weighted by molar-refractivity contribution is 0.141. The van der Waals surface area contributed by atoms with Crippen LogP contribution in [0.4, 0.5) is 0 Å². The highest BCUT2D eigenvalue weighted by molar-refractivity contribution is 7.80. The first-order chi connectivity index (χ1) is 16.5. The maximum Gasteiger partial charge on any atom is 0.258 e. The molecule has 6 nitrogen and oxygen atoms in total. The summed E-state index contributed by atoms with van der Waals surface area (Å²) in [5, 5.41) is 9.10. The molecule has 1 unspecified atom stereocenters. The van der Waals surface area contributed by atoms with Crippen molar-refractivity contribution in [3.63, 3.8) is 0 Å². The summed E-state index contributed by atoms with van der Waals surface area (Å²) in [6.45, 7) is 8.33. The van der Waals surface area contributed by atoms with Crippen molar-refractivity contribution in [3.05, 3.63) is 76.3 Å². The van der Waals surface area contributed by atoms with E-state index in [2.05, 4.69) is 53.5 Å². The molecule has 2 heterocycles. The molecule has 3 aromatic rings. The highest BCUT2D eigenvalue weighted by Crippen LogP contribution is 2.37. The summed E-state index contributed by atoms with van der Waals surface area (Å²) in [6.07, 6.45) is 1.84. The van der Waals surface area contributed by atoms with Gasteiger partial charge >= 0.3 is 0 Å². The van der Waals surface area contributed by atoms with Gasteiger partial charge in [0, 0.05) is 36.0 Å². The minimum Gasteiger partial charge on any atom is -0.382 e. The SMILES string of the molecule is CCOCCCN1C(=S)NC(c2ccc(CC)cc2)C(c2nc(-c3ccc(Cl)cc3)no2)=C1C. The Morgan fingerprint density at radius 3 is 2.53 bits per heavy atom. The highest BCUT2D eigenvalue weighted by Gasteiger charge is 2.33. The highest BCUT2D eigenvalue weighted by atomic mass is 35.5. The van der Waals surface area contributed by atoms with E-state index in [1.807, 2.05) is 31.2 Å². The monoisotopic (exact) mass is 496 g/mol. The average Bonchev–Trinajstić information content (AvgIpc) is 3.33. The zero-order valence-corrected chi connectivity index (χ0v) is 21.2. The molecule has 1 N–H and O–H groups in total. The van der Waals surface area contributed by atoms with E-state index < -0.39 is 0 Å². The Bertz CT molecular complexity index is 1160. The van der Waals surface area contributed by atoms with Crippen LogP contribution in [0.5, 0.6) is 0 Å². The zero-order valence-electron chi connectivity index (χ0n) is 19.7. The Morgan fingerprint density at radius 1 is 1.12 bits per heavy atom. The predicted octanol–water partition coefficient (Wildman–Crippen LogP) is 6.04. The van der Waals surface area contributed by atoms with Gasteiger partial charge in [0.1, 0.15) is 0 Å². The first kappa shape index (κ1) is 24.4. The normalized spacial score (nSPS) is 16.2. The summed E-state index contributed by atoms with van der Waals surface area (Å²) in [7, 11) is 0. The number of hydrogen-bond donors (Lipinski definition) is 1. The van der Waals surface area contributed by atoms with Crippen molar-refractivity contribution in [2.75, 3.05) is 19.8 Å². The Labute approximate surface area is 210 Å². The Kier molecular flexibility index (Phi) is 7.98. The molecule has 0 spiro atoms. The smallest absolute Gasteiger partial charge is 0.258 e. The zero-order chi connectivity index (χ0) is 24.1. The first-order valence-electron chi connectivity index (χ1n) is 11.6. The summed E-state index contributed by atoms with van der Waals surface area (Å²) in [6, 6.07) is 15.8. The van der Waals surface area contributed by atoms with Crippen molar-refractivity contribution >= 4 is 34.5 Å². The Morgan fingerprint density at radius 2 is 1.85 bits per heavy atom. The molecular weight excluding hydrogens is 468 g/mol. The van der Waals surface area contributed by atoms with Crippen LogP contribution in [0.2, 0.25) is 5.02 Å². The van der Waals surface area contributed by atoms with E-state index in [4.69, 9.17) is 38.1 Å². The van der Waals surface area contributed by atoms with E-state index in [0.29, 0.717) is 35.1 Å². The van der Waals surface area contributed by atoms with E-state index in [-0.39, 0.29) is 6.04 Å². The van der Waals surface area contributed by atoms with Gasteiger partial charge in [0.05, 0.1) is 11.6 Å². The van der Waals surface area contributed by atoms with E-state index in [0.717, 1.165) is 41.8 Å². The molecule has 1 atom stereocenters. The lowest BCUT2D eigenvalue weighted by atomic mass is 9.94. The van der Waals surface area contributed by atoms with Crippen LogP contribution in [0.3, 0.4) is 0 Å². The van der Waals surface area contributed by atoms with Crippen molar-refractivity contribution in [3.8, 4) is 11.4 Å². The lowest BCUT2D eigenvalue weighted by Crippen LogP contribution is -2.46. The number of nitrogens with one attached hydrogen (secondary N) is 1. The van der Waals surface area contributed by atoms with Gasteiger partial charge in [-0.05, 0) is 74.3 Å². The van der Waals surface area contributed by atoms with Crippen molar-refractivity contribution in [2.24, 2.45) is 0 Å². The molecule has 8 heteroatoms. The van der Waals surface area contributed by atoms with Crippen LogP contribution >= 0.6 is 23.8 Å². The number of thiocarbonyl (C=S) groups is 1. The largest absolute Gasteiger partial charge is 0.382 e. The van der Waals surface area contributed by atoms with Gasteiger partial charge in [0.15, 0.2) is 5.11 Å².